The Balaban J connectivity index is 1.95. The molecule has 0 bridgehead atoms. The minimum absolute atomic E-state index is 0.197. The lowest BCUT2D eigenvalue weighted by Gasteiger charge is -2.11. The third kappa shape index (κ3) is 3.10. The molecule has 1 unspecified atom stereocenters. The topological polar surface area (TPSA) is 55.1 Å². The van der Waals surface area contributed by atoms with E-state index in [0.29, 0.717) is 11.6 Å². The van der Waals surface area contributed by atoms with Gasteiger partial charge < -0.3 is 11.1 Å². The van der Waals surface area contributed by atoms with Gasteiger partial charge in [0.1, 0.15) is 6.04 Å². The number of hydrogen-bond donors (Lipinski definition) is 2. The summed E-state index contributed by atoms with van der Waals surface area (Å²) in [4.78, 5) is 12.7. The lowest BCUT2D eigenvalue weighted by Crippen LogP contribution is -2.33. The zero-order chi connectivity index (χ0) is 13.0. The monoisotopic (exact) mass is 280 g/mol. The predicted molar refractivity (Wildman–Crippen MR) is 74.5 cm³/mol. The van der Waals surface area contributed by atoms with Crippen LogP contribution in [0, 0.1) is 0 Å². The van der Waals surface area contributed by atoms with E-state index in [1.165, 1.54) is 11.3 Å². The summed E-state index contributed by atoms with van der Waals surface area (Å²) < 4.78 is 0. The van der Waals surface area contributed by atoms with Crippen LogP contribution in [-0.2, 0) is 11.3 Å². The molecule has 94 valence electrons. The van der Waals surface area contributed by atoms with Gasteiger partial charge in [-0.3, -0.25) is 4.79 Å². The molecule has 1 aromatic carbocycles. The molecule has 0 radical (unpaired) electrons. The Labute approximate surface area is 115 Å². The second-order valence-electron chi connectivity index (χ2n) is 3.80. The van der Waals surface area contributed by atoms with Crippen molar-refractivity contribution in [1.29, 1.82) is 0 Å². The van der Waals surface area contributed by atoms with E-state index in [9.17, 15) is 4.79 Å². The second kappa shape index (κ2) is 6.00. The summed E-state index contributed by atoms with van der Waals surface area (Å²) in [5, 5.41) is 5.33. The van der Waals surface area contributed by atoms with Crippen molar-refractivity contribution in [3.05, 3.63) is 57.2 Å². The van der Waals surface area contributed by atoms with Gasteiger partial charge in [0.2, 0.25) is 5.91 Å². The second-order valence-corrected chi connectivity index (χ2v) is 5.19. The Morgan fingerprint density at radius 3 is 2.78 bits per heavy atom. The van der Waals surface area contributed by atoms with Gasteiger partial charge in [0.25, 0.3) is 0 Å². The molecule has 1 heterocycles. The van der Waals surface area contributed by atoms with Crippen LogP contribution in [0.4, 0.5) is 0 Å². The number of halogens is 1. The standard InChI is InChI=1S/C13H13ClN2OS/c14-10-5-2-1-4-9(10)8-16-13(17)12(15)11-6-3-7-18-11/h1-7,12H,8,15H2,(H,16,17). The zero-order valence-corrected chi connectivity index (χ0v) is 11.2. The molecule has 2 aromatic rings. The molecule has 2 rings (SSSR count). The maximum absolute atomic E-state index is 11.9. The molecule has 1 aromatic heterocycles. The minimum atomic E-state index is -0.618. The maximum atomic E-state index is 11.9. The van der Waals surface area contributed by atoms with Crippen LogP contribution in [-0.4, -0.2) is 5.91 Å². The van der Waals surface area contributed by atoms with Gasteiger partial charge in [0.15, 0.2) is 0 Å². The summed E-state index contributed by atoms with van der Waals surface area (Å²) in [7, 11) is 0. The van der Waals surface area contributed by atoms with Crippen LogP contribution in [0.3, 0.4) is 0 Å². The summed E-state index contributed by atoms with van der Waals surface area (Å²) in [5.74, 6) is -0.197. The number of benzene rings is 1. The minimum Gasteiger partial charge on any atom is -0.350 e. The van der Waals surface area contributed by atoms with Gasteiger partial charge >= 0.3 is 0 Å². The number of nitrogens with one attached hydrogen (secondary N) is 1. The molecule has 1 amide bonds. The van der Waals surface area contributed by atoms with Gasteiger partial charge in [-0.15, -0.1) is 11.3 Å². The molecule has 5 heteroatoms. The van der Waals surface area contributed by atoms with Gasteiger partial charge in [-0.05, 0) is 23.1 Å². The van der Waals surface area contributed by atoms with Gasteiger partial charge in [-0.25, -0.2) is 0 Å². The highest BCUT2D eigenvalue weighted by Crippen LogP contribution is 2.18. The fraction of sp³-hybridized carbons (Fsp3) is 0.154. The van der Waals surface area contributed by atoms with E-state index in [1.807, 2.05) is 35.7 Å². The van der Waals surface area contributed by atoms with Crippen LogP contribution in [0.5, 0.6) is 0 Å². The van der Waals surface area contributed by atoms with Gasteiger partial charge in [0, 0.05) is 16.4 Å². The smallest absolute Gasteiger partial charge is 0.242 e. The molecular formula is C13H13ClN2OS. The van der Waals surface area contributed by atoms with Crippen molar-refractivity contribution in [1.82, 2.24) is 5.32 Å². The SMILES string of the molecule is NC(C(=O)NCc1ccccc1Cl)c1cccs1. The molecule has 3 N–H and O–H groups in total. The fourth-order valence-corrected chi connectivity index (χ4v) is 2.46. The lowest BCUT2D eigenvalue weighted by molar-refractivity contribution is -0.122. The Hall–Kier alpha value is -1.36. The molecule has 0 saturated carbocycles. The van der Waals surface area contributed by atoms with E-state index in [-0.39, 0.29) is 5.91 Å². The largest absolute Gasteiger partial charge is 0.350 e. The van der Waals surface area contributed by atoms with Gasteiger partial charge in [-0.1, -0.05) is 35.9 Å². The number of carbonyl (C=O) groups is 1. The third-order valence-corrected chi connectivity index (χ3v) is 3.87. The van der Waals surface area contributed by atoms with Crippen molar-refractivity contribution < 1.29 is 4.79 Å². The predicted octanol–water partition coefficient (Wildman–Crippen LogP) is 2.72. The Morgan fingerprint density at radius 2 is 2.11 bits per heavy atom. The molecule has 0 fully saturated rings. The molecule has 18 heavy (non-hydrogen) atoms. The molecule has 0 saturated heterocycles. The first-order valence-corrected chi connectivity index (χ1v) is 6.74. The van der Waals surface area contributed by atoms with E-state index < -0.39 is 6.04 Å². The summed E-state index contributed by atoms with van der Waals surface area (Å²) in [6.07, 6.45) is 0. The quantitative estimate of drug-likeness (QED) is 0.905. The van der Waals surface area contributed by atoms with Crippen molar-refractivity contribution in [3.8, 4) is 0 Å². The number of amides is 1. The zero-order valence-electron chi connectivity index (χ0n) is 9.60. The molecule has 3 nitrogen and oxygen atoms in total. The Morgan fingerprint density at radius 1 is 1.33 bits per heavy atom. The summed E-state index contributed by atoms with van der Waals surface area (Å²) in [6.45, 7) is 0.386. The van der Waals surface area contributed by atoms with Gasteiger partial charge in [0.05, 0.1) is 0 Å². The van der Waals surface area contributed by atoms with Crippen molar-refractivity contribution >= 4 is 28.8 Å². The number of nitrogens with two attached hydrogens (primary N) is 1. The Kier molecular flexibility index (Phi) is 4.36. The summed E-state index contributed by atoms with van der Waals surface area (Å²) in [6, 6.07) is 10.5. The van der Waals surface area contributed by atoms with Crippen LogP contribution in [0.2, 0.25) is 5.02 Å². The van der Waals surface area contributed by atoms with Crippen molar-refractivity contribution in [3.63, 3.8) is 0 Å². The molecule has 0 spiro atoms. The first kappa shape index (κ1) is 13.1. The fourth-order valence-electron chi connectivity index (χ4n) is 1.53. The van der Waals surface area contributed by atoms with Crippen molar-refractivity contribution in [2.45, 2.75) is 12.6 Å². The van der Waals surface area contributed by atoms with E-state index in [2.05, 4.69) is 5.32 Å². The van der Waals surface area contributed by atoms with Crippen LogP contribution in [0.1, 0.15) is 16.5 Å². The van der Waals surface area contributed by atoms with Gasteiger partial charge in [-0.2, -0.15) is 0 Å². The van der Waals surface area contributed by atoms with Crippen LogP contribution in [0.15, 0.2) is 41.8 Å². The van der Waals surface area contributed by atoms with E-state index in [0.717, 1.165) is 10.4 Å². The molecule has 0 aliphatic carbocycles. The molecule has 0 aliphatic heterocycles. The molecule has 0 aliphatic rings. The molecular weight excluding hydrogens is 268 g/mol. The third-order valence-electron chi connectivity index (χ3n) is 2.54. The van der Waals surface area contributed by atoms with E-state index >= 15 is 0 Å². The maximum Gasteiger partial charge on any atom is 0.242 e. The summed E-state index contributed by atoms with van der Waals surface area (Å²) >= 11 is 7.48. The number of rotatable bonds is 4. The average molecular weight is 281 g/mol. The number of carbonyl (C=O) groups excluding carboxylic acids is 1. The Bertz CT molecular complexity index is 528. The van der Waals surface area contributed by atoms with Crippen LogP contribution < -0.4 is 11.1 Å². The van der Waals surface area contributed by atoms with Crippen molar-refractivity contribution in [2.75, 3.05) is 0 Å². The highest BCUT2D eigenvalue weighted by molar-refractivity contribution is 7.10. The van der Waals surface area contributed by atoms with E-state index in [1.54, 1.807) is 6.07 Å². The average Bonchev–Trinajstić information content (AvgIpc) is 2.90. The first-order chi connectivity index (χ1) is 8.68. The first-order valence-electron chi connectivity index (χ1n) is 5.48. The van der Waals surface area contributed by atoms with Crippen LogP contribution in [0.25, 0.3) is 0 Å². The van der Waals surface area contributed by atoms with Crippen molar-refractivity contribution in [2.24, 2.45) is 5.73 Å². The number of thiophene rings is 1. The highest BCUT2D eigenvalue weighted by atomic mass is 35.5. The highest BCUT2D eigenvalue weighted by Gasteiger charge is 2.16. The molecule has 1 atom stereocenters. The number of hydrogen-bond acceptors (Lipinski definition) is 3. The van der Waals surface area contributed by atoms with Crippen LogP contribution >= 0.6 is 22.9 Å². The summed E-state index contributed by atoms with van der Waals surface area (Å²) in [5.41, 5.74) is 6.73. The van der Waals surface area contributed by atoms with E-state index in [4.69, 9.17) is 17.3 Å². The normalized spacial score (nSPS) is 12.1. The lowest BCUT2D eigenvalue weighted by atomic mass is 10.2.